The average molecular weight is 942 g/mol. The molecule has 3 saturated heterocycles. The molecule has 3 saturated carbocycles. The van der Waals surface area contributed by atoms with E-state index in [1.54, 1.807) is 29.2 Å². The molecular formula is C46H58FN12O7S+. The number of fused-ring (bicyclic) bond motifs is 3. The number of allylic oxidation sites excluding steroid dienone is 1. The van der Waals surface area contributed by atoms with Gasteiger partial charge in [0.15, 0.2) is 16.9 Å². The van der Waals surface area contributed by atoms with Crippen molar-refractivity contribution in [2.24, 2.45) is 18.1 Å². The third-order valence-electron chi connectivity index (χ3n) is 16.0. The molecule has 1 spiro atoms. The molecule has 2 unspecified atom stereocenters. The van der Waals surface area contributed by atoms with E-state index in [-0.39, 0.29) is 53.1 Å². The summed E-state index contributed by atoms with van der Waals surface area (Å²) >= 11 is 0. The van der Waals surface area contributed by atoms with Gasteiger partial charge in [-0.2, -0.15) is 9.29 Å². The van der Waals surface area contributed by atoms with Crippen LogP contribution < -0.4 is 26.1 Å². The van der Waals surface area contributed by atoms with Gasteiger partial charge in [0.05, 0.1) is 22.7 Å². The van der Waals surface area contributed by atoms with Crippen molar-refractivity contribution in [3.63, 3.8) is 0 Å². The molecule has 11 rings (SSSR count). The number of imidazole rings is 1. The van der Waals surface area contributed by atoms with E-state index in [1.165, 1.54) is 26.7 Å². The number of imide groups is 1. The van der Waals surface area contributed by atoms with E-state index < -0.39 is 45.0 Å². The van der Waals surface area contributed by atoms with Crippen LogP contribution in [0.3, 0.4) is 0 Å². The van der Waals surface area contributed by atoms with Gasteiger partial charge in [0, 0.05) is 81.5 Å². The molecule has 7 heterocycles. The summed E-state index contributed by atoms with van der Waals surface area (Å²) < 4.78 is 49.4. The van der Waals surface area contributed by atoms with Gasteiger partial charge in [-0.1, -0.05) is 4.68 Å². The number of piperidine rings is 3. The quantitative estimate of drug-likeness (QED) is 0.198. The Hall–Kier alpha value is -5.38. The van der Waals surface area contributed by atoms with Crippen molar-refractivity contribution in [3.8, 4) is 0 Å². The fourth-order valence-corrected chi connectivity index (χ4v) is 13.2. The Bertz CT molecular complexity index is 2820. The number of sulfonamides is 1. The lowest BCUT2D eigenvalue weighted by atomic mass is 9.79. The van der Waals surface area contributed by atoms with Gasteiger partial charge < -0.3 is 20.2 Å². The number of halogens is 1. The molecule has 3 N–H and O–H groups in total. The Balaban J connectivity index is 0.661. The second-order valence-electron chi connectivity index (χ2n) is 20.0. The molecule has 2 aromatic heterocycles. The van der Waals surface area contributed by atoms with Crippen LogP contribution in [0.1, 0.15) is 101 Å². The van der Waals surface area contributed by atoms with E-state index in [0.717, 1.165) is 63.4 Å². The summed E-state index contributed by atoms with van der Waals surface area (Å²) in [6.07, 6.45) is 15.9. The summed E-state index contributed by atoms with van der Waals surface area (Å²) in [7, 11) is -0.124. The van der Waals surface area contributed by atoms with Crippen molar-refractivity contribution in [2.45, 2.75) is 132 Å². The Morgan fingerprint density at radius 2 is 1.75 bits per heavy atom. The molecule has 3 atom stereocenters. The van der Waals surface area contributed by atoms with Crippen LogP contribution in [0.15, 0.2) is 39.3 Å². The molecule has 3 aromatic rings. The number of aliphatic hydroxyl groups excluding tert-OH is 1. The van der Waals surface area contributed by atoms with Gasteiger partial charge in [0.2, 0.25) is 29.9 Å². The lowest BCUT2D eigenvalue weighted by molar-refractivity contribution is -0.455. The van der Waals surface area contributed by atoms with Gasteiger partial charge >= 0.3 is 5.69 Å². The normalized spacial score (nSPS) is 28.7. The molecular weight excluding hydrogens is 884 g/mol. The number of benzene rings is 1. The van der Waals surface area contributed by atoms with E-state index >= 15 is 4.39 Å². The summed E-state index contributed by atoms with van der Waals surface area (Å²) in [5.74, 6) is -0.0466. The maximum atomic E-state index is 16.2. The highest BCUT2D eigenvalue weighted by Gasteiger charge is 2.61. The van der Waals surface area contributed by atoms with Gasteiger partial charge in [-0.25, -0.2) is 22.6 Å². The zero-order valence-corrected chi connectivity index (χ0v) is 38.7. The smallest absolute Gasteiger partial charge is 0.329 e. The van der Waals surface area contributed by atoms with Crippen LogP contribution in [0.4, 0.5) is 21.8 Å². The highest BCUT2D eigenvalue weighted by Crippen LogP contribution is 2.57. The second-order valence-corrected chi connectivity index (χ2v) is 21.9. The number of hydrogen-bond acceptors (Lipinski definition) is 13. The molecule has 0 radical (unpaired) electrons. The molecule has 8 aliphatic rings. The lowest BCUT2D eigenvalue weighted by Crippen LogP contribution is -2.52. The first-order valence-electron chi connectivity index (χ1n) is 23.9. The fraction of sp³-hybridized carbons (Fsp3) is 0.609. The van der Waals surface area contributed by atoms with E-state index in [9.17, 15) is 32.7 Å². The minimum atomic E-state index is -3.77. The number of nitrogens with zero attached hydrogens (tertiary/aromatic N) is 10. The van der Waals surface area contributed by atoms with E-state index in [0.29, 0.717) is 80.5 Å². The van der Waals surface area contributed by atoms with Crippen molar-refractivity contribution in [1.82, 2.24) is 33.6 Å². The zero-order valence-electron chi connectivity index (χ0n) is 37.9. The highest BCUT2D eigenvalue weighted by atomic mass is 32.2. The standard InChI is InChI=1S/C46H57FN12O7S/c1-53(29-12-16-55(17-13-29)35-6-7-36-40(39(35)47)54(2)45(64)59(36)37-8-9-38(61)51-42(37)62)31-20-27(21-31)25-56-26-33(23-49-56)67(65,66)57-18-10-28(11-19-57)50-44-48-24-34-41(52-44)58(43(63)46(34)14-15-46)30-4-3-5-32(60)22-30/h6-7,23-32,37,60H,3-5,8-22H2,1-2H3,(H-,48,50,51,52,61,62)/p+1/b56-25+/t27?,30?,31?,32-,37?/m1/s1. The number of carbonyl (C=O) groups is 3. The molecule has 3 amide bonds. The number of nitrogens with one attached hydrogen (secondary N) is 2. The third kappa shape index (κ3) is 7.59. The highest BCUT2D eigenvalue weighted by molar-refractivity contribution is 7.93. The Morgan fingerprint density at radius 3 is 2.46 bits per heavy atom. The number of anilines is 3. The molecule has 5 aliphatic heterocycles. The number of carbonyl (C=O) groups excluding carboxylic acids is 3. The molecule has 1 aromatic carbocycles. The first-order chi connectivity index (χ1) is 32.2. The molecule has 0 bridgehead atoms. The average Bonchev–Trinajstić information content (AvgIpc) is 3.80. The van der Waals surface area contributed by atoms with Gasteiger partial charge in [-0.3, -0.25) is 33.7 Å². The van der Waals surface area contributed by atoms with Crippen LogP contribution >= 0.6 is 0 Å². The predicted octanol–water partition coefficient (Wildman–Crippen LogP) is 2.44. The number of amides is 3. The number of rotatable bonds is 10. The van der Waals surface area contributed by atoms with Crippen LogP contribution in [-0.4, -0.2) is 140 Å². The van der Waals surface area contributed by atoms with Gasteiger partial charge in [0.25, 0.3) is 10.0 Å². The Labute approximate surface area is 387 Å². The van der Waals surface area contributed by atoms with Crippen LogP contribution in [0.2, 0.25) is 0 Å². The Morgan fingerprint density at radius 1 is 0.985 bits per heavy atom. The number of hydrazone groups is 1. The first kappa shape index (κ1) is 44.1. The minimum absolute atomic E-state index is 0.0422. The van der Waals surface area contributed by atoms with Gasteiger partial charge in [-0.05, 0) is 108 Å². The minimum Gasteiger partial charge on any atom is -0.393 e. The number of aryl methyl sites for hydroxylation is 1. The van der Waals surface area contributed by atoms with Crippen LogP contribution in [0.5, 0.6) is 0 Å². The van der Waals surface area contributed by atoms with E-state index in [1.807, 2.05) is 16.0 Å². The summed E-state index contributed by atoms with van der Waals surface area (Å²) in [6, 6.07) is 3.03. The number of hydrogen-bond donors (Lipinski definition) is 3. The first-order valence-corrected chi connectivity index (χ1v) is 25.4. The number of aliphatic hydroxyl groups is 1. The topological polar surface area (TPSA) is 211 Å². The second kappa shape index (κ2) is 16.7. The third-order valence-corrected chi connectivity index (χ3v) is 17.9. The summed E-state index contributed by atoms with van der Waals surface area (Å²) in [5.41, 5.74) is 0.740. The summed E-state index contributed by atoms with van der Waals surface area (Å²) in [5, 5.41) is 20.5. The van der Waals surface area contributed by atoms with Crippen molar-refractivity contribution in [3.05, 3.63) is 51.3 Å². The predicted molar refractivity (Wildman–Crippen MR) is 247 cm³/mol. The van der Waals surface area contributed by atoms with Gasteiger partial charge in [0.1, 0.15) is 23.6 Å². The molecule has 21 heteroatoms. The molecule has 19 nitrogen and oxygen atoms in total. The SMILES string of the molecule is CN(C1CCN(c2ccc3c(c2F)n(C)c(=O)n3C2CCC(=O)NC2=O)CC1)C1CC(/C=[N+]2\C=C(S(=O)(=O)N3CCC(Nc4ncc5c(n4)N(C4CCC[C@@H](O)C4)C(=O)C54CC4)CC3)C=N2)C1. The monoisotopic (exact) mass is 941 g/mol. The van der Waals surface area contributed by atoms with Gasteiger partial charge in [-0.15, -0.1) is 0 Å². The summed E-state index contributed by atoms with van der Waals surface area (Å²) in [6.45, 7) is 1.93. The van der Waals surface area contributed by atoms with Crippen molar-refractivity contribution < 1.29 is 37.0 Å². The fourth-order valence-electron chi connectivity index (χ4n) is 11.8. The summed E-state index contributed by atoms with van der Waals surface area (Å²) in [4.78, 5) is 67.1. The molecule has 3 aliphatic carbocycles. The number of aromatic nitrogens is 4. The Kier molecular flexibility index (Phi) is 11.0. The molecule has 356 valence electrons. The lowest BCUT2D eigenvalue weighted by Gasteiger charge is -2.45. The van der Waals surface area contributed by atoms with Crippen LogP contribution in [-0.2, 0) is 36.9 Å². The van der Waals surface area contributed by atoms with Crippen LogP contribution in [0, 0.1) is 11.7 Å². The maximum Gasteiger partial charge on any atom is 0.329 e. The van der Waals surface area contributed by atoms with Crippen LogP contribution in [0.25, 0.3) is 11.0 Å². The van der Waals surface area contributed by atoms with Crippen molar-refractivity contribution in [1.29, 1.82) is 0 Å². The van der Waals surface area contributed by atoms with Crippen molar-refractivity contribution >= 4 is 68.7 Å². The molecule has 67 heavy (non-hydrogen) atoms. The molecule has 6 fully saturated rings. The zero-order chi connectivity index (χ0) is 46.5. The van der Waals surface area contributed by atoms with E-state index in [4.69, 9.17) is 4.98 Å². The largest absolute Gasteiger partial charge is 0.393 e. The van der Waals surface area contributed by atoms with E-state index in [2.05, 4.69) is 32.7 Å². The van der Waals surface area contributed by atoms with Crippen molar-refractivity contribution in [2.75, 3.05) is 48.3 Å². The maximum absolute atomic E-state index is 16.2.